The molecule has 0 bridgehead atoms. The largest absolute Gasteiger partial charge is 0.350 e. The second-order valence-corrected chi connectivity index (χ2v) is 4.48. The lowest BCUT2D eigenvalue weighted by Gasteiger charge is -2.25. The van der Waals surface area contributed by atoms with Crippen LogP contribution in [0.2, 0.25) is 0 Å². The third kappa shape index (κ3) is 3.06. The van der Waals surface area contributed by atoms with E-state index in [1.54, 1.807) is 12.4 Å². The highest BCUT2D eigenvalue weighted by Gasteiger charge is 2.19. The summed E-state index contributed by atoms with van der Waals surface area (Å²) < 4.78 is 0. The first-order valence-corrected chi connectivity index (χ1v) is 6.33. The van der Waals surface area contributed by atoms with Crippen molar-refractivity contribution < 1.29 is 0 Å². The zero-order valence-corrected chi connectivity index (χ0v) is 10.3. The molecule has 2 N–H and O–H groups in total. The van der Waals surface area contributed by atoms with Gasteiger partial charge < -0.3 is 15.2 Å². The van der Waals surface area contributed by atoms with Crippen molar-refractivity contribution in [1.82, 2.24) is 15.3 Å². The van der Waals surface area contributed by atoms with Crippen LogP contribution in [0.5, 0.6) is 0 Å². The van der Waals surface area contributed by atoms with Gasteiger partial charge in [0.25, 0.3) is 5.56 Å². The molecule has 0 radical (unpaired) electrons. The highest BCUT2D eigenvalue weighted by atomic mass is 16.1. The Morgan fingerprint density at radius 1 is 1.59 bits per heavy atom. The van der Waals surface area contributed by atoms with Crippen LogP contribution in [0, 0.1) is 0 Å². The van der Waals surface area contributed by atoms with E-state index in [0.717, 1.165) is 26.1 Å². The van der Waals surface area contributed by atoms with Crippen LogP contribution >= 0.6 is 0 Å². The van der Waals surface area contributed by atoms with Crippen LogP contribution in [0.25, 0.3) is 0 Å². The molecular weight excluding hydrogens is 216 g/mol. The predicted molar refractivity (Wildman–Crippen MR) is 68.4 cm³/mol. The number of nitrogens with zero attached hydrogens (tertiary/aromatic N) is 2. The van der Waals surface area contributed by atoms with Gasteiger partial charge in [0.15, 0.2) is 5.82 Å². The highest BCUT2D eigenvalue weighted by molar-refractivity contribution is 5.35. The van der Waals surface area contributed by atoms with Crippen LogP contribution in [0.15, 0.2) is 17.2 Å². The molecule has 2 rings (SSSR count). The number of rotatable bonds is 5. The van der Waals surface area contributed by atoms with Crippen LogP contribution in [0.4, 0.5) is 5.82 Å². The number of hydrogen-bond acceptors (Lipinski definition) is 4. The number of nitrogens with one attached hydrogen (secondary N) is 2. The molecule has 1 aromatic heterocycles. The van der Waals surface area contributed by atoms with Crippen molar-refractivity contribution in [3.63, 3.8) is 0 Å². The molecule has 0 amide bonds. The molecule has 0 aliphatic carbocycles. The monoisotopic (exact) mass is 236 g/mol. The fourth-order valence-corrected chi connectivity index (χ4v) is 2.30. The summed E-state index contributed by atoms with van der Waals surface area (Å²) in [4.78, 5) is 20.7. The van der Waals surface area contributed by atoms with E-state index in [1.165, 1.54) is 12.8 Å². The molecule has 0 spiro atoms. The number of anilines is 1. The van der Waals surface area contributed by atoms with Gasteiger partial charge in [-0.05, 0) is 25.8 Å². The van der Waals surface area contributed by atoms with E-state index >= 15 is 0 Å². The molecule has 2 heterocycles. The average molecular weight is 236 g/mol. The Kier molecular flexibility index (Phi) is 4.14. The Morgan fingerprint density at radius 2 is 2.47 bits per heavy atom. The predicted octanol–water partition coefficient (Wildman–Crippen LogP) is 0.738. The van der Waals surface area contributed by atoms with Gasteiger partial charge in [-0.15, -0.1) is 0 Å². The molecule has 1 aromatic rings. The summed E-state index contributed by atoms with van der Waals surface area (Å²) in [5, 5.41) is 3.45. The lowest BCUT2D eigenvalue weighted by atomic mass is 10.2. The van der Waals surface area contributed by atoms with E-state index < -0.39 is 0 Å². The average Bonchev–Trinajstić information content (AvgIpc) is 2.82. The first kappa shape index (κ1) is 12.1. The van der Waals surface area contributed by atoms with Gasteiger partial charge in [-0.25, -0.2) is 4.98 Å². The van der Waals surface area contributed by atoms with Crippen LogP contribution in [-0.2, 0) is 0 Å². The highest BCUT2D eigenvalue weighted by Crippen LogP contribution is 2.10. The Labute approximate surface area is 101 Å². The summed E-state index contributed by atoms with van der Waals surface area (Å²) >= 11 is 0. The molecule has 5 heteroatoms. The fourth-order valence-electron chi connectivity index (χ4n) is 2.30. The lowest BCUT2D eigenvalue weighted by Crippen LogP contribution is -2.40. The van der Waals surface area contributed by atoms with Crippen LogP contribution in [0.1, 0.15) is 26.2 Å². The number of hydrogen-bond donors (Lipinski definition) is 2. The number of H-pyrrole nitrogens is 1. The molecule has 94 valence electrons. The number of aromatic nitrogens is 2. The Bertz CT molecular complexity index is 397. The maximum Gasteiger partial charge on any atom is 0.290 e. The number of aromatic amines is 1. The minimum absolute atomic E-state index is 0.0982. The zero-order valence-electron chi connectivity index (χ0n) is 10.3. The van der Waals surface area contributed by atoms with Crippen molar-refractivity contribution in [1.29, 1.82) is 0 Å². The van der Waals surface area contributed by atoms with Crippen molar-refractivity contribution in [2.24, 2.45) is 0 Å². The first-order valence-electron chi connectivity index (χ1n) is 6.33. The first-order chi connectivity index (χ1) is 8.31. The third-order valence-electron chi connectivity index (χ3n) is 3.09. The second kappa shape index (κ2) is 5.82. The summed E-state index contributed by atoms with van der Waals surface area (Å²) in [7, 11) is 0. The molecule has 1 aliphatic rings. The van der Waals surface area contributed by atoms with E-state index in [4.69, 9.17) is 0 Å². The zero-order chi connectivity index (χ0) is 12.1. The van der Waals surface area contributed by atoms with Crippen molar-refractivity contribution in [3.05, 3.63) is 22.7 Å². The van der Waals surface area contributed by atoms with Gasteiger partial charge >= 0.3 is 0 Å². The van der Waals surface area contributed by atoms with Gasteiger partial charge in [0, 0.05) is 31.5 Å². The molecule has 1 unspecified atom stereocenters. The van der Waals surface area contributed by atoms with Crippen molar-refractivity contribution in [2.75, 3.05) is 24.5 Å². The minimum Gasteiger partial charge on any atom is -0.350 e. The summed E-state index contributed by atoms with van der Waals surface area (Å²) in [6.45, 7) is 4.95. The lowest BCUT2D eigenvalue weighted by molar-refractivity contribution is 0.574. The van der Waals surface area contributed by atoms with Crippen LogP contribution < -0.4 is 15.8 Å². The van der Waals surface area contributed by atoms with Gasteiger partial charge in [-0.2, -0.15) is 0 Å². The van der Waals surface area contributed by atoms with Crippen LogP contribution in [-0.4, -0.2) is 35.6 Å². The molecular formula is C12H20N4O. The topological polar surface area (TPSA) is 61.0 Å². The molecule has 0 aromatic carbocycles. The van der Waals surface area contributed by atoms with Crippen molar-refractivity contribution in [3.8, 4) is 0 Å². The van der Waals surface area contributed by atoms with Crippen molar-refractivity contribution in [2.45, 2.75) is 32.2 Å². The minimum atomic E-state index is -0.0982. The summed E-state index contributed by atoms with van der Waals surface area (Å²) in [6, 6.07) is 0.489. The van der Waals surface area contributed by atoms with Gasteiger partial charge in [-0.3, -0.25) is 4.79 Å². The SMILES string of the molecule is CCCN(CC1CCCN1)c1ncc[nH]c1=O. The molecule has 17 heavy (non-hydrogen) atoms. The van der Waals surface area contributed by atoms with Gasteiger partial charge in [0.2, 0.25) is 0 Å². The Morgan fingerprint density at radius 3 is 3.12 bits per heavy atom. The second-order valence-electron chi connectivity index (χ2n) is 4.48. The summed E-state index contributed by atoms with van der Waals surface area (Å²) in [5.74, 6) is 0.544. The van der Waals surface area contributed by atoms with E-state index in [1.807, 2.05) is 0 Å². The maximum atomic E-state index is 11.7. The summed E-state index contributed by atoms with van der Waals surface area (Å²) in [6.07, 6.45) is 6.64. The third-order valence-corrected chi connectivity index (χ3v) is 3.09. The molecule has 1 saturated heterocycles. The smallest absolute Gasteiger partial charge is 0.290 e. The molecule has 1 aliphatic heterocycles. The molecule has 5 nitrogen and oxygen atoms in total. The summed E-state index contributed by atoms with van der Waals surface area (Å²) in [5.41, 5.74) is -0.0982. The van der Waals surface area contributed by atoms with E-state index in [9.17, 15) is 4.79 Å². The Balaban J connectivity index is 2.10. The van der Waals surface area contributed by atoms with Crippen LogP contribution in [0.3, 0.4) is 0 Å². The quantitative estimate of drug-likeness (QED) is 0.791. The molecule has 0 saturated carbocycles. The van der Waals surface area contributed by atoms with E-state index in [2.05, 4.69) is 27.1 Å². The Hall–Kier alpha value is -1.36. The molecule has 1 atom stereocenters. The van der Waals surface area contributed by atoms with E-state index in [0.29, 0.717) is 11.9 Å². The van der Waals surface area contributed by atoms with Gasteiger partial charge in [-0.1, -0.05) is 6.92 Å². The standard InChI is InChI=1S/C12H20N4O/c1-2-8-16(9-10-4-3-5-13-10)11-12(17)15-7-6-14-11/h6-7,10,13H,2-5,8-9H2,1H3,(H,15,17). The van der Waals surface area contributed by atoms with Gasteiger partial charge in [0.1, 0.15) is 0 Å². The molecule has 1 fully saturated rings. The van der Waals surface area contributed by atoms with Gasteiger partial charge in [0.05, 0.1) is 0 Å². The van der Waals surface area contributed by atoms with Crippen molar-refractivity contribution >= 4 is 5.82 Å². The van der Waals surface area contributed by atoms with E-state index in [-0.39, 0.29) is 5.56 Å². The maximum absolute atomic E-state index is 11.7. The normalized spacial score (nSPS) is 19.5. The fraction of sp³-hybridized carbons (Fsp3) is 0.667.